The van der Waals surface area contributed by atoms with Gasteiger partial charge in [0, 0.05) is 85.1 Å². The first-order valence-corrected chi connectivity index (χ1v) is 18.9. The van der Waals surface area contributed by atoms with Gasteiger partial charge in [-0.3, -0.25) is 9.58 Å². The standard InChI is InChI=1S/C41H43F4N7O3/c1-5-27-31(42)9-6-23-12-26(53)13-28(32(23)27)33-35(43)37-34(29-17-50(4)48-36(29)33)39(52-24-7-8-25(52)16-51(15-24)14-22-18-54-19-22)47-40(46-37)55-21-41(2)20-49(3)11-10-30(41)38(44)45/h1,6,9,12-13,17,22,24-25,30,38,53H,7-8,10-11,14-16,18-21H2,2-4H3/t24-,25+,30-,41+/m0/s1. The molecule has 5 aromatic rings. The second kappa shape index (κ2) is 13.5. The van der Waals surface area contributed by atoms with Crippen molar-refractivity contribution in [3.63, 3.8) is 0 Å². The lowest BCUT2D eigenvalue weighted by atomic mass is 9.73. The van der Waals surface area contributed by atoms with Crippen LogP contribution in [0.3, 0.4) is 0 Å². The molecule has 4 atom stereocenters. The maximum absolute atomic E-state index is 17.8. The SMILES string of the molecule is C#Cc1c(F)ccc2cc(O)cc(-c3c(F)c4nc(OC[C@@]5(C)CN(C)CC[C@H]5C(F)F)nc(N5[C@@H]6CC[C@H]5CN(CC5COC5)C6)c4c4cn(C)nc34)c12. The minimum atomic E-state index is -2.54. The molecule has 0 saturated carbocycles. The predicted molar refractivity (Wildman–Crippen MR) is 202 cm³/mol. The number of nitrogens with zero attached hydrogens (tertiary/aromatic N) is 7. The van der Waals surface area contributed by atoms with Crippen LogP contribution in [0.2, 0.25) is 0 Å². The minimum Gasteiger partial charge on any atom is -0.508 e. The van der Waals surface area contributed by atoms with Crippen LogP contribution >= 0.6 is 0 Å². The molecule has 288 valence electrons. The van der Waals surface area contributed by atoms with Crippen LogP contribution < -0.4 is 9.64 Å². The summed E-state index contributed by atoms with van der Waals surface area (Å²) in [5.74, 6) is 0.899. The molecular weight excluding hydrogens is 714 g/mol. The van der Waals surface area contributed by atoms with E-state index in [1.807, 2.05) is 11.9 Å². The van der Waals surface area contributed by atoms with Crippen molar-refractivity contribution in [3.8, 4) is 35.2 Å². The zero-order chi connectivity index (χ0) is 38.3. The maximum Gasteiger partial charge on any atom is 0.319 e. The molecule has 9 rings (SSSR count). The molecule has 0 spiro atoms. The molecule has 1 N–H and O–H groups in total. The first-order chi connectivity index (χ1) is 26.4. The Kier molecular flexibility index (Phi) is 8.82. The zero-order valence-electron chi connectivity index (χ0n) is 31.0. The van der Waals surface area contributed by atoms with Gasteiger partial charge in [-0.25, -0.2) is 17.6 Å². The number of likely N-dealkylation sites (tertiary alicyclic amines) is 2. The number of halogens is 4. The molecule has 0 amide bonds. The van der Waals surface area contributed by atoms with Crippen molar-refractivity contribution in [3.05, 3.63) is 47.7 Å². The van der Waals surface area contributed by atoms with Crippen molar-refractivity contribution in [1.29, 1.82) is 0 Å². The fourth-order valence-electron chi connectivity index (χ4n) is 9.75. The molecule has 2 bridgehead atoms. The molecule has 0 aliphatic carbocycles. The largest absolute Gasteiger partial charge is 0.508 e. The fraction of sp³-hybridized carbons (Fsp3) is 0.488. The van der Waals surface area contributed by atoms with Gasteiger partial charge in [0.05, 0.1) is 30.8 Å². The third-order valence-corrected chi connectivity index (χ3v) is 12.3. The van der Waals surface area contributed by atoms with Crippen LogP contribution in [0.25, 0.3) is 43.7 Å². The van der Waals surface area contributed by atoms with E-state index >= 15 is 8.78 Å². The smallest absolute Gasteiger partial charge is 0.319 e. The summed E-state index contributed by atoms with van der Waals surface area (Å²) >= 11 is 0. The number of phenols is 1. The molecule has 55 heavy (non-hydrogen) atoms. The number of terminal acetylenes is 1. The van der Waals surface area contributed by atoms with Crippen molar-refractivity contribution < 1.29 is 32.1 Å². The van der Waals surface area contributed by atoms with Gasteiger partial charge in [0.1, 0.15) is 28.4 Å². The molecule has 4 aliphatic rings. The molecule has 0 radical (unpaired) electrons. The monoisotopic (exact) mass is 757 g/mol. The number of aryl methyl sites for hydroxylation is 1. The number of fused-ring (bicyclic) bond motifs is 6. The molecule has 14 heteroatoms. The van der Waals surface area contributed by atoms with Crippen molar-refractivity contribution in [2.75, 3.05) is 64.5 Å². The minimum absolute atomic E-state index is 0.0177. The summed E-state index contributed by atoms with van der Waals surface area (Å²) in [4.78, 5) is 16.5. The van der Waals surface area contributed by atoms with Crippen molar-refractivity contribution in [2.24, 2.45) is 24.3 Å². The van der Waals surface area contributed by atoms with Gasteiger partial charge < -0.3 is 24.4 Å². The van der Waals surface area contributed by atoms with E-state index in [2.05, 4.69) is 15.7 Å². The summed E-state index contributed by atoms with van der Waals surface area (Å²) in [6.07, 6.45) is 7.20. The maximum atomic E-state index is 17.8. The van der Waals surface area contributed by atoms with Gasteiger partial charge >= 0.3 is 6.01 Å². The van der Waals surface area contributed by atoms with Crippen LogP contribution in [0.5, 0.6) is 11.8 Å². The lowest BCUT2D eigenvalue weighted by Crippen LogP contribution is -2.56. The Labute approximate surface area is 316 Å². The Morgan fingerprint density at radius 1 is 1.05 bits per heavy atom. The van der Waals surface area contributed by atoms with Crippen LogP contribution in [0.4, 0.5) is 23.4 Å². The molecule has 4 aliphatic heterocycles. The molecule has 2 aromatic heterocycles. The molecule has 3 aromatic carbocycles. The number of aromatic hydroxyl groups is 1. The molecular formula is C41H43F4N7O3. The van der Waals surface area contributed by atoms with Gasteiger partial charge in [-0.1, -0.05) is 18.9 Å². The average Bonchev–Trinajstić information content (AvgIpc) is 3.63. The van der Waals surface area contributed by atoms with Crippen LogP contribution in [-0.2, 0) is 11.8 Å². The molecule has 4 saturated heterocycles. The number of anilines is 1. The number of ether oxygens (including phenoxy) is 2. The Hall–Kier alpha value is -4.71. The lowest BCUT2D eigenvalue weighted by Gasteiger charge is -2.44. The van der Waals surface area contributed by atoms with Crippen LogP contribution in [0.15, 0.2) is 30.5 Å². The average molecular weight is 758 g/mol. The Morgan fingerprint density at radius 3 is 2.51 bits per heavy atom. The summed E-state index contributed by atoms with van der Waals surface area (Å²) in [5.41, 5.74) is -0.669. The molecule has 0 unspecified atom stereocenters. The lowest BCUT2D eigenvalue weighted by molar-refractivity contribution is -0.0679. The summed E-state index contributed by atoms with van der Waals surface area (Å²) in [5, 5.41) is 17.3. The van der Waals surface area contributed by atoms with Crippen molar-refractivity contribution >= 4 is 38.4 Å². The topological polar surface area (TPSA) is 92.0 Å². The van der Waals surface area contributed by atoms with Gasteiger partial charge in [-0.2, -0.15) is 15.1 Å². The quantitative estimate of drug-likeness (QED) is 0.147. The first-order valence-electron chi connectivity index (χ1n) is 18.9. The van der Waals surface area contributed by atoms with E-state index in [1.165, 1.54) is 24.3 Å². The fourth-order valence-corrected chi connectivity index (χ4v) is 9.75. The number of benzene rings is 3. The molecule has 10 nitrogen and oxygen atoms in total. The summed E-state index contributed by atoms with van der Waals surface area (Å²) in [7, 11) is 3.63. The van der Waals surface area contributed by atoms with Gasteiger partial charge in [0.15, 0.2) is 5.82 Å². The highest BCUT2D eigenvalue weighted by atomic mass is 19.3. The number of piperazine rings is 1. The number of piperidine rings is 1. The first kappa shape index (κ1) is 36.0. The Bertz CT molecular complexity index is 2360. The predicted octanol–water partition coefficient (Wildman–Crippen LogP) is 6.20. The molecule has 4 fully saturated rings. The number of hydrogen-bond donors (Lipinski definition) is 1. The third kappa shape index (κ3) is 6.02. The van der Waals surface area contributed by atoms with Crippen molar-refractivity contribution in [2.45, 2.75) is 44.7 Å². The second-order valence-electron chi connectivity index (χ2n) is 16.3. The van der Waals surface area contributed by atoms with E-state index in [0.29, 0.717) is 47.4 Å². The third-order valence-electron chi connectivity index (χ3n) is 12.3. The zero-order valence-corrected chi connectivity index (χ0v) is 31.0. The molecule has 6 heterocycles. The van der Waals surface area contributed by atoms with Gasteiger partial charge in [0.25, 0.3) is 0 Å². The number of hydrogen-bond acceptors (Lipinski definition) is 9. The highest BCUT2D eigenvalue weighted by Crippen LogP contribution is 2.47. The summed E-state index contributed by atoms with van der Waals surface area (Å²) < 4.78 is 75.2. The highest BCUT2D eigenvalue weighted by Gasteiger charge is 2.46. The van der Waals surface area contributed by atoms with E-state index in [4.69, 9.17) is 31.0 Å². The van der Waals surface area contributed by atoms with Gasteiger partial charge in [-0.15, -0.1) is 6.42 Å². The van der Waals surface area contributed by atoms with E-state index in [-0.39, 0.29) is 63.6 Å². The van der Waals surface area contributed by atoms with E-state index < -0.39 is 29.4 Å². The van der Waals surface area contributed by atoms with E-state index in [1.54, 1.807) is 24.9 Å². The highest BCUT2D eigenvalue weighted by molar-refractivity contribution is 6.18. The number of phenolic OH excluding ortho intramolecular Hbond substituents is 1. The van der Waals surface area contributed by atoms with Crippen LogP contribution in [0.1, 0.15) is 31.7 Å². The van der Waals surface area contributed by atoms with Crippen LogP contribution in [-0.4, -0.2) is 113 Å². The summed E-state index contributed by atoms with van der Waals surface area (Å²) in [6, 6.07) is 5.53. The van der Waals surface area contributed by atoms with Gasteiger partial charge in [0.2, 0.25) is 6.43 Å². The second-order valence-corrected chi connectivity index (χ2v) is 16.3. The number of alkyl halides is 2. The number of aromatic nitrogens is 4. The van der Waals surface area contributed by atoms with E-state index in [9.17, 15) is 13.9 Å². The summed E-state index contributed by atoms with van der Waals surface area (Å²) in [6.45, 7) is 6.68. The normalized spacial score (nSPS) is 25.0. The Balaban J connectivity index is 1.25. The Morgan fingerprint density at radius 2 is 1.82 bits per heavy atom. The van der Waals surface area contributed by atoms with Gasteiger partial charge in [-0.05, 0) is 62.0 Å². The van der Waals surface area contributed by atoms with E-state index in [0.717, 1.165) is 45.7 Å². The van der Waals surface area contributed by atoms with Crippen molar-refractivity contribution in [1.82, 2.24) is 29.5 Å². The van der Waals surface area contributed by atoms with Crippen LogP contribution in [0, 0.1) is 41.2 Å². The number of rotatable bonds is 8.